The highest BCUT2D eigenvalue weighted by Crippen LogP contribution is 2.34. The van der Waals surface area contributed by atoms with Crippen LogP contribution in [0.5, 0.6) is 0 Å². The zero-order chi connectivity index (χ0) is 16.4. The fourth-order valence-corrected chi connectivity index (χ4v) is 4.30. The monoisotopic (exact) mass is 390 g/mol. The first-order valence-corrected chi connectivity index (χ1v) is 9.64. The maximum atomic E-state index is 5.64. The summed E-state index contributed by atoms with van der Waals surface area (Å²) >= 11 is 3.57. The van der Waals surface area contributed by atoms with Crippen molar-refractivity contribution in [3.63, 3.8) is 0 Å². The Morgan fingerprint density at radius 2 is 2.04 bits per heavy atom. The Morgan fingerprint density at radius 1 is 1.21 bits per heavy atom. The molecule has 1 atom stereocenters. The Hall–Kier alpha value is -1.24. The molecule has 2 aliphatic rings. The number of hydrogen-bond acceptors (Lipinski definition) is 5. The van der Waals surface area contributed by atoms with E-state index in [1.54, 1.807) is 0 Å². The van der Waals surface area contributed by atoms with Crippen LogP contribution >= 0.6 is 15.9 Å². The minimum atomic E-state index is 0.281. The molecule has 128 valence electrons. The number of piperidine rings is 1. The Morgan fingerprint density at radius 3 is 2.88 bits per heavy atom. The van der Waals surface area contributed by atoms with Crippen LogP contribution in [0.3, 0.4) is 0 Å². The van der Waals surface area contributed by atoms with Crippen LogP contribution in [0.2, 0.25) is 0 Å². The van der Waals surface area contributed by atoms with Gasteiger partial charge in [0.1, 0.15) is 0 Å². The van der Waals surface area contributed by atoms with Gasteiger partial charge in [-0.05, 0) is 63.4 Å². The second-order valence-electron chi connectivity index (χ2n) is 6.78. The van der Waals surface area contributed by atoms with Crippen LogP contribution in [0.25, 0.3) is 11.4 Å². The Balaban J connectivity index is 1.49. The van der Waals surface area contributed by atoms with Gasteiger partial charge in [0.25, 0.3) is 0 Å². The predicted octanol–water partition coefficient (Wildman–Crippen LogP) is 3.64. The summed E-state index contributed by atoms with van der Waals surface area (Å²) in [6.07, 6.45) is 4.87. The summed E-state index contributed by atoms with van der Waals surface area (Å²) in [6.45, 7) is 4.59. The second-order valence-corrected chi connectivity index (χ2v) is 7.64. The molecule has 0 aliphatic carbocycles. The fraction of sp³-hybridized carbons (Fsp3) is 0.556. The summed E-state index contributed by atoms with van der Waals surface area (Å²) in [5.41, 5.74) is 0.982. The van der Waals surface area contributed by atoms with Gasteiger partial charge in [-0.3, -0.25) is 4.90 Å². The van der Waals surface area contributed by atoms with E-state index in [0.717, 1.165) is 54.4 Å². The average Bonchev–Trinajstić information content (AvgIpc) is 3.25. The van der Waals surface area contributed by atoms with E-state index >= 15 is 0 Å². The number of benzene rings is 1. The van der Waals surface area contributed by atoms with E-state index < -0.39 is 0 Å². The zero-order valence-corrected chi connectivity index (χ0v) is 15.3. The van der Waals surface area contributed by atoms with Crippen LogP contribution in [-0.2, 0) is 0 Å². The number of likely N-dealkylation sites (tertiary alicyclic amines) is 1. The van der Waals surface area contributed by atoms with E-state index in [9.17, 15) is 0 Å². The summed E-state index contributed by atoms with van der Waals surface area (Å²) in [5, 5.41) is 7.67. The van der Waals surface area contributed by atoms with E-state index in [1.165, 1.54) is 19.3 Å². The van der Waals surface area contributed by atoms with E-state index in [4.69, 9.17) is 9.51 Å². The third-order valence-corrected chi connectivity index (χ3v) is 5.85. The van der Waals surface area contributed by atoms with Crippen molar-refractivity contribution in [3.05, 3.63) is 34.6 Å². The predicted molar refractivity (Wildman–Crippen MR) is 96.6 cm³/mol. The molecule has 1 aromatic heterocycles. The highest BCUT2D eigenvalue weighted by molar-refractivity contribution is 9.10. The SMILES string of the molecule is Brc1ccccc1-c1noc(C2CCCN2CC2CCNCC2)n1. The summed E-state index contributed by atoms with van der Waals surface area (Å²) in [7, 11) is 0. The van der Waals surface area contributed by atoms with Gasteiger partial charge in [-0.2, -0.15) is 4.98 Å². The molecule has 2 aliphatic heterocycles. The molecule has 6 heteroatoms. The van der Waals surface area contributed by atoms with Crippen LogP contribution in [0.1, 0.15) is 37.6 Å². The third-order valence-electron chi connectivity index (χ3n) is 5.16. The minimum absolute atomic E-state index is 0.281. The lowest BCUT2D eigenvalue weighted by Crippen LogP contribution is -2.36. The van der Waals surface area contributed by atoms with Crippen LogP contribution in [0, 0.1) is 5.92 Å². The number of rotatable bonds is 4. The van der Waals surface area contributed by atoms with Crippen molar-refractivity contribution in [1.82, 2.24) is 20.4 Å². The molecule has 5 nitrogen and oxygen atoms in total. The molecule has 0 saturated carbocycles. The molecule has 3 heterocycles. The lowest BCUT2D eigenvalue weighted by molar-refractivity contribution is 0.166. The third kappa shape index (κ3) is 3.41. The maximum Gasteiger partial charge on any atom is 0.244 e. The highest BCUT2D eigenvalue weighted by atomic mass is 79.9. The van der Waals surface area contributed by atoms with Crippen molar-refractivity contribution in [2.45, 2.75) is 31.7 Å². The molecular formula is C18H23BrN4O. The molecule has 0 amide bonds. The van der Waals surface area contributed by atoms with Crippen molar-refractivity contribution in [3.8, 4) is 11.4 Å². The lowest BCUT2D eigenvalue weighted by Gasteiger charge is -2.29. The number of nitrogens with one attached hydrogen (secondary N) is 1. The molecule has 1 aromatic carbocycles. The molecule has 4 rings (SSSR count). The highest BCUT2D eigenvalue weighted by Gasteiger charge is 2.32. The Bertz CT molecular complexity index is 683. The van der Waals surface area contributed by atoms with E-state index in [1.807, 2.05) is 24.3 Å². The molecule has 0 radical (unpaired) electrons. The summed E-state index contributed by atoms with van der Waals surface area (Å²) in [6, 6.07) is 8.29. The smallest absolute Gasteiger partial charge is 0.244 e. The van der Waals surface area contributed by atoms with Crippen LogP contribution < -0.4 is 5.32 Å². The van der Waals surface area contributed by atoms with E-state index in [-0.39, 0.29) is 6.04 Å². The molecule has 2 aromatic rings. The van der Waals surface area contributed by atoms with Crippen molar-refractivity contribution in [2.24, 2.45) is 5.92 Å². The van der Waals surface area contributed by atoms with E-state index in [2.05, 4.69) is 31.3 Å². The largest absolute Gasteiger partial charge is 0.337 e. The van der Waals surface area contributed by atoms with Gasteiger partial charge in [-0.1, -0.05) is 33.2 Å². The zero-order valence-electron chi connectivity index (χ0n) is 13.7. The Labute approximate surface area is 150 Å². The normalized spacial score (nSPS) is 23.0. The van der Waals surface area contributed by atoms with Crippen LogP contribution in [-0.4, -0.2) is 41.2 Å². The standard InChI is InChI=1S/C18H23BrN4O/c19-15-5-2-1-4-14(15)17-21-18(24-22-17)16-6-3-11-23(16)12-13-7-9-20-10-8-13/h1-2,4-5,13,16,20H,3,6-12H2. The van der Waals surface area contributed by atoms with Gasteiger partial charge >= 0.3 is 0 Å². The first-order chi connectivity index (χ1) is 11.8. The van der Waals surface area contributed by atoms with Gasteiger partial charge in [-0.15, -0.1) is 0 Å². The van der Waals surface area contributed by atoms with Gasteiger partial charge in [0, 0.05) is 16.6 Å². The topological polar surface area (TPSA) is 54.2 Å². The number of hydrogen-bond donors (Lipinski definition) is 1. The van der Waals surface area contributed by atoms with Gasteiger partial charge < -0.3 is 9.84 Å². The van der Waals surface area contributed by atoms with Crippen molar-refractivity contribution in [1.29, 1.82) is 0 Å². The molecule has 0 bridgehead atoms. The molecule has 0 spiro atoms. The summed E-state index contributed by atoms with van der Waals surface area (Å²) < 4.78 is 6.64. The number of halogens is 1. The van der Waals surface area contributed by atoms with Gasteiger partial charge in [0.05, 0.1) is 6.04 Å². The molecule has 2 fully saturated rings. The molecule has 2 saturated heterocycles. The van der Waals surface area contributed by atoms with Gasteiger partial charge in [0.15, 0.2) is 0 Å². The fourth-order valence-electron chi connectivity index (χ4n) is 3.84. The van der Waals surface area contributed by atoms with Crippen LogP contribution in [0.15, 0.2) is 33.3 Å². The van der Waals surface area contributed by atoms with Crippen molar-refractivity contribution < 1.29 is 4.52 Å². The first-order valence-electron chi connectivity index (χ1n) is 8.84. The molecule has 1 unspecified atom stereocenters. The minimum Gasteiger partial charge on any atom is -0.337 e. The number of nitrogens with zero attached hydrogens (tertiary/aromatic N) is 3. The van der Waals surface area contributed by atoms with Gasteiger partial charge in [-0.25, -0.2) is 0 Å². The van der Waals surface area contributed by atoms with Crippen molar-refractivity contribution in [2.75, 3.05) is 26.2 Å². The van der Waals surface area contributed by atoms with E-state index in [0.29, 0.717) is 5.82 Å². The molecule has 24 heavy (non-hydrogen) atoms. The first kappa shape index (κ1) is 16.2. The van der Waals surface area contributed by atoms with Gasteiger partial charge in [0.2, 0.25) is 11.7 Å². The maximum absolute atomic E-state index is 5.64. The van der Waals surface area contributed by atoms with Crippen LogP contribution in [0.4, 0.5) is 0 Å². The summed E-state index contributed by atoms with van der Waals surface area (Å²) in [5.74, 6) is 2.23. The quantitative estimate of drug-likeness (QED) is 0.863. The van der Waals surface area contributed by atoms with Crippen molar-refractivity contribution >= 4 is 15.9 Å². The molecule has 1 N–H and O–H groups in total. The molecular weight excluding hydrogens is 368 g/mol. The second kappa shape index (κ2) is 7.33. The summed E-state index contributed by atoms with van der Waals surface area (Å²) in [4.78, 5) is 7.25. The lowest BCUT2D eigenvalue weighted by atomic mass is 9.97. The average molecular weight is 391 g/mol. The Kier molecular flexibility index (Phi) is 4.96. The number of aromatic nitrogens is 2.